The Morgan fingerprint density at radius 2 is 1.78 bits per heavy atom. The molecule has 126 valence electrons. The summed E-state index contributed by atoms with van der Waals surface area (Å²) in [7, 11) is -1.95. The van der Waals surface area contributed by atoms with Crippen LogP contribution in [0.3, 0.4) is 0 Å². The van der Waals surface area contributed by atoms with Crippen LogP contribution in [-0.4, -0.2) is 23.2 Å². The van der Waals surface area contributed by atoms with Crippen molar-refractivity contribution in [3.05, 3.63) is 40.7 Å². The van der Waals surface area contributed by atoms with E-state index in [2.05, 4.69) is 14.9 Å². The summed E-state index contributed by atoms with van der Waals surface area (Å²) in [4.78, 5) is 0.0418. The molecule has 1 aromatic carbocycles. The molecule has 6 nitrogen and oxygen atoms in total. The van der Waals surface area contributed by atoms with Crippen LogP contribution in [0.2, 0.25) is 0 Å². The third-order valence-electron chi connectivity index (χ3n) is 3.66. The third kappa shape index (κ3) is 3.59. The zero-order valence-electron chi connectivity index (χ0n) is 13.9. The van der Waals surface area contributed by atoms with Gasteiger partial charge in [-0.1, -0.05) is 13.8 Å². The molecule has 0 saturated carbocycles. The number of nitrogens with one attached hydrogen (secondary N) is 1. The van der Waals surface area contributed by atoms with Crippen LogP contribution in [0.5, 0.6) is 0 Å². The molecule has 1 aromatic heterocycles. The number of hydrogen-bond donors (Lipinski definition) is 1. The number of sulfonamides is 1. The van der Waals surface area contributed by atoms with Crippen molar-refractivity contribution in [2.45, 2.75) is 45.1 Å². The summed E-state index contributed by atoms with van der Waals surface area (Å²) in [5, 5.41) is 8.07. The second-order valence-corrected chi connectivity index (χ2v) is 7.65. The summed E-state index contributed by atoms with van der Waals surface area (Å²) in [6.07, 6.45) is 0. The highest BCUT2D eigenvalue weighted by atomic mass is 32.2. The molecular weight excluding hydrogens is 319 g/mol. The molecule has 0 aliphatic rings. The number of aromatic nitrogens is 3. The van der Waals surface area contributed by atoms with Gasteiger partial charge in [0.15, 0.2) is 0 Å². The topological polar surface area (TPSA) is 76.9 Å². The van der Waals surface area contributed by atoms with Gasteiger partial charge in [0, 0.05) is 13.0 Å². The zero-order chi connectivity index (χ0) is 17.4. The molecule has 0 amide bonds. The average Bonchev–Trinajstić information content (AvgIpc) is 2.83. The maximum atomic E-state index is 13.6. The first-order valence-corrected chi connectivity index (χ1v) is 8.76. The summed E-state index contributed by atoms with van der Waals surface area (Å²) in [6, 6.07) is 2.64. The van der Waals surface area contributed by atoms with Crippen molar-refractivity contribution in [1.29, 1.82) is 0 Å². The van der Waals surface area contributed by atoms with Gasteiger partial charge >= 0.3 is 0 Å². The number of halogens is 1. The molecule has 0 spiro atoms. The molecule has 0 radical (unpaired) electrons. The van der Waals surface area contributed by atoms with E-state index in [0.717, 1.165) is 5.82 Å². The number of hydrogen-bond acceptors (Lipinski definition) is 4. The molecule has 2 aromatic rings. The second kappa shape index (κ2) is 6.37. The van der Waals surface area contributed by atoms with Crippen molar-refractivity contribution in [2.24, 2.45) is 7.05 Å². The Hall–Kier alpha value is -1.80. The number of rotatable bonds is 5. The maximum absolute atomic E-state index is 13.6. The number of benzene rings is 1. The van der Waals surface area contributed by atoms with Crippen LogP contribution < -0.4 is 4.72 Å². The third-order valence-corrected chi connectivity index (χ3v) is 5.04. The first-order valence-electron chi connectivity index (χ1n) is 7.28. The monoisotopic (exact) mass is 340 g/mol. The molecule has 0 aliphatic heterocycles. The highest BCUT2D eigenvalue weighted by Gasteiger charge is 2.19. The van der Waals surface area contributed by atoms with Crippen molar-refractivity contribution in [3.63, 3.8) is 0 Å². The summed E-state index contributed by atoms with van der Waals surface area (Å²) in [5.74, 6) is 1.11. The Morgan fingerprint density at radius 1 is 1.22 bits per heavy atom. The maximum Gasteiger partial charge on any atom is 0.240 e. The van der Waals surface area contributed by atoms with Crippen molar-refractivity contribution in [3.8, 4) is 0 Å². The number of nitrogens with zero attached hydrogens (tertiary/aromatic N) is 3. The standard InChI is InChI=1S/C15H21FN4O2S/c1-9(2)15-19-18-13(20(15)5)8-17-23(21,22)12-6-10(3)14(16)11(4)7-12/h6-7,9,17H,8H2,1-5H3. The Balaban J connectivity index is 2.23. The predicted molar refractivity (Wildman–Crippen MR) is 85.0 cm³/mol. The van der Waals surface area contributed by atoms with E-state index >= 15 is 0 Å². The molecule has 23 heavy (non-hydrogen) atoms. The molecule has 0 atom stereocenters. The van der Waals surface area contributed by atoms with Crippen LogP contribution in [0.1, 0.15) is 42.5 Å². The average molecular weight is 340 g/mol. The van der Waals surface area contributed by atoms with E-state index in [9.17, 15) is 12.8 Å². The van der Waals surface area contributed by atoms with Gasteiger partial charge < -0.3 is 4.57 Å². The quantitative estimate of drug-likeness (QED) is 0.905. The Morgan fingerprint density at radius 3 is 2.26 bits per heavy atom. The smallest absolute Gasteiger partial charge is 0.240 e. The minimum atomic E-state index is -3.75. The molecule has 2 rings (SSSR count). The van der Waals surface area contributed by atoms with Gasteiger partial charge in [-0.3, -0.25) is 0 Å². The Kier molecular flexibility index (Phi) is 4.86. The van der Waals surface area contributed by atoms with E-state index in [0.29, 0.717) is 17.0 Å². The van der Waals surface area contributed by atoms with Gasteiger partial charge in [-0.15, -0.1) is 10.2 Å². The van der Waals surface area contributed by atoms with Crippen LogP contribution in [-0.2, 0) is 23.6 Å². The largest absolute Gasteiger partial charge is 0.317 e. The van der Waals surface area contributed by atoms with E-state index in [1.807, 2.05) is 13.8 Å². The molecule has 0 saturated heterocycles. The second-order valence-electron chi connectivity index (χ2n) is 5.88. The molecule has 0 fully saturated rings. The molecule has 0 unspecified atom stereocenters. The minimum Gasteiger partial charge on any atom is -0.317 e. The lowest BCUT2D eigenvalue weighted by Crippen LogP contribution is -2.25. The van der Waals surface area contributed by atoms with Gasteiger partial charge in [0.2, 0.25) is 10.0 Å². The van der Waals surface area contributed by atoms with Crippen LogP contribution in [0.4, 0.5) is 4.39 Å². The minimum absolute atomic E-state index is 0.0219. The first kappa shape index (κ1) is 17.6. The summed E-state index contributed by atoms with van der Waals surface area (Å²) in [5.41, 5.74) is 0.595. The summed E-state index contributed by atoms with van der Waals surface area (Å²) in [6.45, 7) is 7.08. The van der Waals surface area contributed by atoms with Gasteiger partial charge in [0.05, 0.1) is 11.4 Å². The van der Waals surface area contributed by atoms with E-state index in [-0.39, 0.29) is 23.2 Å². The lowest BCUT2D eigenvalue weighted by Gasteiger charge is -2.10. The van der Waals surface area contributed by atoms with E-state index in [1.54, 1.807) is 25.5 Å². The van der Waals surface area contributed by atoms with Gasteiger partial charge in [0.25, 0.3) is 0 Å². The summed E-state index contributed by atoms with van der Waals surface area (Å²) >= 11 is 0. The van der Waals surface area contributed by atoms with Gasteiger partial charge in [-0.25, -0.2) is 17.5 Å². The molecule has 8 heteroatoms. The van der Waals surface area contributed by atoms with E-state index < -0.39 is 10.0 Å². The fourth-order valence-electron chi connectivity index (χ4n) is 2.34. The van der Waals surface area contributed by atoms with Crippen LogP contribution in [0.15, 0.2) is 17.0 Å². The predicted octanol–water partition coefficient (Wildman–Crippen LogP) is 2.17. The summed E-state index contributed by atoms with van der Waals surface area (Å²) < 4.78 is 42.7. The molecule has 1 N–H and O–H groups in total. The van der Waals surface area contributed by atoms with Gasteiger partial charge in [-0.2, -0.15) is 0 Å². The molecule has 0 bridgehead atoms. The van der Waals surface area contributed by atoms with Crippen molar-refractivity contribution in [1.82, 2.24) is 19.5 Å². The lowest BCUT2D eigenvalue weighted by molar-refractivity contribution is 0.574. The first-order chi connectivity index (χ1) is 10.6. The normalized spacial score (nSPS) is 12.1. The van der Waals surface area contributed by atoms with Gasteiger partial charge in [-0.05, 0) is 37.1 Å². The SMILES string of the molecule is Cc1cc(S(=O)(=O)NCc2nnc(C(C)C)n2C)cc(C)c1F. The fraction of sp³-hybridized carbons (Fsp3) is 0.467. The molecule has 0 aliphatic carbocycles. The van der Waals surface area contributed by atoms with Crippen molar-refractivity contribution < 1.29 is 12.8 Å². The highest BCUT2D eigenvalue weighted by molar-refractivity contribution is 7.89. The Labute approximate surface area is 135 Å². The van der Waals surface area contributed by atoms with Crippen LogP contribution in [0, 0.1) is 19.7 Å². The van der Waals surface area contributed by atoms with Crippen LogP contribution >= 0.6 is 0 Å². The van der Waals surface area contributed by atoms with Crippen molar-refractivity contribution >= 4 is 10.0 Å². The lowest BCUT2D eigenvalue weighted by atomic mass is 10.1. The van der Waals surface area contributed by atoms with E-state index in [4.69, 9.17) is 0 Å². The van der Waals surface area contributed by atoms with Gasteiger partial charge in [0.1, 0.15) is 17.5 Å². The van der Waals surface area contributed by atoms with Crippen LogP contribution in [0.25, 0.3) is 0 Å². The molecular formula is C15H21FN4O2S. The Bertz CT molecular complexity index is 805. The fourth-order valence-corrected chi connectivity index (χ4v) is 3.49. The molecule has 1 heterocycles. The number of aryl methyl sites for hydroxylation is 2. The zero-order valence-corrected chi connectivity index (χ0v) is 14.7. The highest BCUT2D eigenvalue weighted by Crippen LogP contribution is 2.19. The van der Waals surface area contributed by atoms with Crippen molar-refractivity contribution in [2.75, 3.05) is 0 Å². The van der Waals surface area contributed by atoms with E-state index in [1.165, 1.54) is 12.1 Å².